The lowest BCUT2D eigenvalue weighted by Gasteiger charge is -2.18. The van der Waals surface area contributed by atoms with E-state index in [9.17, 15) is 4.79 Å². The van der Waals surface area contributed by atoms with Crippen LogP contribution in [0.5, 0.6) is 0 Å². The van der Waals surface area contributed by atoms with Crippen molar-refractivity contribution < 1.29 is 4.79 Å². The van der Waals surface area contributed by atoms with Crippen molar-refractivity contribution in [2.24, 2.45) is 0 Å². The van der Waals surface area contributed by atoms with E-state index in [2.05, 4.69) is 4.98 Å². The number of aromatic nitrogens is 1. The van der Waals surface area contributed by atoms with Gasteiger partial charge in [-0.05, 0) is 42.3 Å². The van der Waals surface area contributed by atoms with E-state index >= 15 is 0 Å². The van der Waals surface area contributed by atoms with Gasteiger partial charge in [-0.2, -0.15) is 0 Å². The van der Waals surface area contributed by atoms with Crippen LogP contribution in [0, 0.1) is 0 Å². The summed E-state index contributed by atoms with van der Waals surface area (Å²) < 4.78 is 0. The zero-order valence-corrected chi connectivity index (χ0v) is 15.1. The molecule has 2 aromatic rings. The van der Waals surface area contributed by atoms with Crippen molar-refractivity contribution in [2.45, 2.75) is 16.7 Å². The zero-order valence-electron chi connectivity index (χ0n) is 12.7. The van der Waals surface area contributed by atoms with Crippen molar-refractivity contribution in [1.82, 2.24) is 4.98 Å². The molecule has 0 atom stereocenters. The summed E-state index contributed by atoms with van der Waals surface area (Å²) in [7, 11) is 1.76. The topological polar surface area (TPSA) is 33.2 Å². The third-order valence-corrected chi connectivity index (χ3v) is 4.95. The minimum atomic E-state index is -0.135. The summed E-state index contributed by atoms with van der Waals surface area (Å²) in [6, 6.07) is 9.67. The Morgan fingerprint density at radius 2 is 2.00 bits per heavy atom. The summed E-state index contributed by atoms with van der Waals surface area (Å²) in [5, 5.41) is 0.541. The van der Waals surface area contributed by atoms with Gasteiger partial charge < -0.3 is 4.90 Å². The number of halogens is 1. The second kappa shape index (κ2) is 7.90. The van der Waals surface area contributed by atoms with E-state index in [4.69, 9.17) is 11.6 Å². The van der Waals surface area contributed by atoms with Gasteiger partial charge in [0.05, 0.1) is 5.02 Å². The Morgan fingerprint density at radius 1 is 1.32 bits per heavy atom. The van der Waals surface area contributed by atoms with Crippen LogP contribution in [0.15, 0.2) is 46.3 Å². The van der Waals surface area contributed by atoms with E-state index in [1.54, 1.807) is 41.5 Å². The van der Waals surface area contributed by atoms with Crippen LogP contribution >= 0.6 is 35.1 Å². The van der Waals surface area contributed by atoms with Gasteiger partial charge in [-0.15, -0.1) is 23.5 Å². The van der Waals surface area contributed by atoms with Crippen LogP contribution in [-0.4, -0.2) is 29.9 Å². The van der Waals surface area contributed by atoms with E-state index in [0.717, 1.165) is 21.2 Å². The molecule has 1 aromatic carbocycles. The van der Waals surface area contributed by atoms with Gasteiger partial charge in [0.1, 0.15) is 5.69 Å². The van der Waals surface area contributed by atoms with Crippen molar-refractivity contribution in [2.75, 3.05) is 24.0 Å². The molecule has 0 saturated carbocycles. The molecule has 0 radical (unpaired) electrons. The normalized spacial score (nSPS) is 10.5. The second-order valence-corrected chi connectivity index (χ2v) is 7.12. The molecule has 1 aromatic heterocycles. The van der Waals surface area contributed by atoms with Crippen LogP contribution in [0.2, 0.25) is 5.02 Å². The lowest BCUT2D eigenvalue weighted by atomic mass is 10.2. The molecule has 0 saturated heterocycles. The van der Waals surface area contributed by atoms with Gasteiger partial charge in [0.25, 0.3) is 5.91 Å². The lowest BCUT2D eigenvalue weighted by Crippen LogP contribution is -2.27. The van der Waals surface area contributed by atoms with Crippen molar-refractivity contribution in [3.63, 3.8) is 0 Å². The Bertz CT molecular complexity index is 662. The summed E-state index contributed by atoms with van der Waals surface area (Å²) >= 11 is 9.22. The number of anilines is 1. The number of carbonyl (C=O) groups is 1. The standard InChI is InChI=1S/C16H17ClN2OS2/c1-4-22-14-9-11(17)10-18-15(14)16(20)19(2)12-5-7-13(21-3)8-6-12/h5-10H,4H2,1-3H3. The molecule has 0 unspecified atom stereocenters. The monoisotopic (exact) mass is 352 g/mol. The molecule has 0 aliphatic carbocycles. The van der Waals surface area contributed by atoms with Crippen LogP contribution in [0.3, 0.4) is 0 Å². The number of hydrogen-bond acceptors (Lipinski definition) is 4. The molecule has 2 rings (SSSR count). The van der Waals surface area contributed by atoms with E-state index in [1.807, 2.05) is 37.4 Å². The predicted octanol–water partition coefficient (Wildman–Crippen LogP) is 4.85. The van der Waals surface area contributed by atoms with Crippen LogP contribution < -0.4 is 4.90 Å². The fourth-order valence-electron chi connectivity index (χ4n) is 1.93. The fourth-order valence-corrected chi connectivity index (χ4v) is 3.36. The summed E-state index contributed by atoms with van der Waals surface area (Å²) in [5.41, 5.74) is 1.28. The second-order valence-electron chi connectivity index (χ2n) is 4.50. The quantitative estimate of drug-likeness (QED) is 0.720. The molecule has 1 heterocycles. The van der Waals surface area contributed by atoms with Gasteiger partial charge >= 0.3 is 0 Å². The summed E-state index contributed by atoms with van der Waals surface area (Å²) in [5.74, 6) is 0.721. The molecular weight excluding hydrogens is 336 g/mol. The van der Waals surface area contributed by atoms with Crippen molar-refractivity contribution in [1.29, 1.82) is 0 Å². The molecule has 0 aliphatic rings. The highest BCUT2D eigenvalue weighted by Crippen LogP contribution is 2.27. The molecule has 0 bridgehead atoms. The van der Waals surface area contributed by atoms with E-state index in [1.165, 1.54) is 6.20 Å². The molecule has 1 amide bonds. The fraction of sp³-hybridized carbons (Fsp3) is 0.250. The average molecular weight is 353 g/mol. The van der Waals surface area contributed by atoms with E-state index < -0.39 is 0 Å². The molecule has 6 heteroatoms. The highest BCUT2D eigenvalue weighted by molar-refractivity contribution is 7.99. The predicted molar refractivity (Wildman–Crippen MR) is 96.6 cm³/mol. The maximum Gasteiger partial charge on any atom is 0.277 e. The Balaban J connectivity index is 2.29. The molecule has 116 valence electrons. The van der Waals surface area contributed by atoms with Gasteiger partial charge in [-0.25, -0.2) is 4.98 Å². The third kappa shape index (κ3) is 3.97. The van der Waals surface area contributed by atoms with Crippen molar-refractivity contribution >= 4 is 46.7 Å². The van der Waals surface area contributed by atoms with E-state index in [0.29, 0.717) is 10.7 Å². The Morgan fingerprint density at radius 3 is 2.59 bits per heavy atom. The first-order valence-corrected chi connectivity index (χ1v) is 9.36. The zero-order chi connectivity index (χ0) is 16.1. The Kier molecular flexibility index (Phi) is 6.17. The van der Waals surface area contributed by atoms with Gasteiger partial charge in [0.15, 0.2) is 0 Å². The van der Waals surface area contributed by atoms with Crippen LogP contribution in [0.1, 0.15) is 17.4 Å². The highest BCUT2D eigenvalue weighted by Gasteiger charge is 2.19. The lowest BCUT2D eigenvalue weighted by molar-refractivity contribution is 0.0985. The first kappa shape index (κ1) is 17.2. The molecule has 3 nitrogen and oxygen atoms in total. The summed E-state index contributed by atoms with van der Waals surface area (Å²) in [6.07, 6.45) is 3.54. The Hall–Kier alpha value is -1.17. The summed E-state index contributed by atoms with van der Waals surface area (Å²) in [6.45, 7) is 2.03. The molecule has 0 aliphatic heterocycles. The van der Waals surface area contributed by atoms with Crippen LogP contribution in [-0.2, 0) is 0 Å². The maximum atomic E-state index is 12.7. The Labute approximate surface area is 144 Å². The van der Waals surface area contributed by atoms with Gasteiger partial charge in [-0.1, -0.05) is 18.5 Å². The first-order valence-electron chi connectivity index (χ1n) is 6.77. The first-order chi connectivity index (χ1) is 10.6. The number of benzene rings is 1. The van der Waals surface area contributed by atoms with Gasteiger partial charge in [0, 0.05) is 28.7 Å². The maximum absolute atomic E-state index is 12.7. The van der Waals surface area contributed by atoms with Gasteiger partial charge in [0.2, 0.25) is 0 Å². The number of hydrogen-bond donors (Lipinski definition) is 0. The number of amides is 1. The highest BCUT2D eigenvalue weighted by atomic mass is 35.5. The van der Waals surface area contributed by atoms with E-state index in [-0.39, 0.29) is 5.91 Å². The number of carbonyl (C=O) groups excluding carboxylic acids is 1. The van der Waals surface area contributed by atoms with Crippen molar-refractivity contribution in [3.8, 4) is 0 Å². The molecule has 0 fully saturated rings. The minimum Gasteiger partial charge on any atom is -0.310 e. The van der Waals surface area contributed by atoms with Crippen molar-refractivity contribution in [3.05, 3.63) is 47.2 Å². The molecule has 22 heavy (non-hydrogen) atoms. The van der Waals surface area contributed by atoms with Crippen LogP contribution in [0.4, 0.5) is 5.69 Å². The molecule has 0 N–H and O–H groups in total. The minimum absolute atomic E-state index is 0.135. The largest absolute Gasteiger partial charge is 0.310 e. The SMILES string of the molecule is CCSc1cc(Cl)cnc1C(=O)N(C)c1ccc(SC)cc1. The third-order valence-electron chi connectivity index (χ3n) is 3.09. The number of nitrogens with zero attached hydrogens (tertiary/aromatic N) is 2. The average Bonchev–Trinajstić information content (AvgIpc) is 2.54. The number of rotatable bonds is 5. The molecular formula is C16H17ClN2OS2. The smallest absolute Gasteiger partial charge is 0.277 e. The molecule has 0 spiro atoms. The van der Waals surface area contributed by atoms with Gasteiger partial charge in [-0.3, -0.25) is 4.79 Å². The van der Waals surface area contributed by atoms with Crippen LogP contribution in [0.25, 0.3) is 0 Å². The number of thioether (sulfide) groups is 2. The number of pyridine rings is 1. The summed E-state index contributed by atoms with van der Waals surface area (Å²) in [4.78, 5) is 20.5.